The third-order valence-electron chi connectivity index (χ3n) is 4.71. The molecular weight excluding hydrogens is 354 g/mol. The molecule has 1 fully saturated rings. The molecule has 8 nitrogen and oxygen atoms in total. The molecule has 2 aromatic heterocycles. The Labute approximate surface area is 163 Å². The van der Waals surface area contributed by atoms with Crippen LogP contribution in [0.15, 0.2) is 55.0 Å². The quantitative estimate of drug-likeness (QED) is 0.613. The summed E-state index contributed by atoms with van der Waals surface area (Å²) in [4.78, 5) is 14.7. The van der Waals surface area contributed by atoms with Crippen LogP contribution in [0.5, 0.6) is 0 Å². The van der Waals surface area contributed by atoms with Gasteiger partial charge in [-0.2, -0.15) is 10.2 Å². The van der Waals surface area contributed by atoms with Gasteiger partial charge in [0, 0.05) is 50.2 Å². The SMILES string of the molecule is O=C(NCCNc1cc(N2CCCC2)cnn1)c1cccc(-n2cccn2)c1. The monoisotopic (exact) mass is 377 g/mol. The molecule has 144 valence electrons. The molecule has 0 spiro atoms. The lowest BCUT2D eigenvalue weighted by atomic mass is 10.2. The summed E-state index contributed by atoms with van der Waals surface area (Å²) in [5.74, 6) is 0.604. The molecule has 2 N–H and O–H groups in total. The summed E-state index contributed by atoms with van der Waals surface area (Å²) in [5.41, 5.74) is 2.54. The van der Waals surface area contributed by atoms with Crippen molar-refractivity contribution in [1.82, 2.24) is 25.3 Å². The van der Waals surface area contributed by atoms with E-state index in [1.54, 1.807) is 23.1 Å². The fraction of sp³-hybridized carbons (Fsp3) is 0.300. The summed E-state index contributed by atoms with van der Waals surface area (Å²) >= 11 is 0. The minimum atomic E-state index is -0.118. The van der Waals surface area contributed by atoms with Crippen LogP contribution in [0, 0.1) is 0 Å². The highest BCUT2D eigenvalue weighted by molar-refractivity contribution is 5.94. The van der Waals surface area contributed by atoms with E-state index in [1.165, 1.54) is 12.8 Å². The molecule has 3 heterocycles. The van der Waals surface area contributed by atoms with E-state index in [0.717, 1.165) is 30.3 Å². The van der Waals surface area contributed by atoms with Crippen LogP contribution >= 0.6 is 0 Å². The van der Waals surface area contributed by atoms with Gasteiger partial charge in [-0.3, -0.25) is 4.79 Å². The van der Waals surface area contributed by atoms with E-state index in [9.17, 15) is 4.79 Å². The second-order valence-electron chi connectivity index (χ2n) is 6.68. The number of carbonyl (C=O) groups is 1. The Balaban J connectivity index is 1.28. The highest BCUT2D eigenvalue weighted by Gasteiger charge is 2.13. The molecule has 1 aromatic carbocycles. The van der Waals surface area contributed by atoms with E-state index in [2.05, 4.69) is 30.8 Å². The summed E-state index contributed by atoms with van der Waals surface area (Å²) < 4.78 is 1.73. The van der Waals surface area contributed by atoms with Gasteiger partial charge in [0.1, 0.15) is 0 Å². The number of nitrogens with zero attached hydrogens (tertiary/aromatic N) is 5. The van der Waals surface area contributed by atoms with Gasteiger partial charge in [-0.15, -0.1) is 5.10 Å². The van der Waals surface area contributed by atoms with Crippen molar-refractivity contribution in [3.05, 3.63) is 60.6 Å². The number of aromatic nitrogens is 4. The molecule has 1 aliphatic heterocycles. The summed E-state index contributed by atoms with van der Waals surface area (Å²) in [6, 6.07) is 11.2. The lowest BCUT2D eigenvalue weighted by molar-refractivity contribution is 0.0955. The zero-order chi connectivity index (χ0) is 19.2. The lowest BCUT2D eigenvalue weighted by Crippen LogP contribution is -2.29. The maximum atomic E-state index is 12.4. The average molecular weight is 377 g/mol. The number of rotatable bonds is 7. The average Bonchev–Trinajstić information content (AvgIpc) is 3.46. The Morgan fingerprint density at radius 3 is 2.79 bits per heavy atom. The summed E-state index contributed by atoms with van der Waals surface area (Å²) in [5, 5.41) is 18.5. The molecule has 1 aliphatic rings. The first kappa shape index (κ1) is 18.0. The van der Waals surface area contributed by atoms with Crippen LogP contribution in [-0.4, -0.2) is 52.1 Å². The minimum absolute atomic E-state index is 0.118. The number of anilines is 2. The maximum Gasteiger partial charge on any atom is 0.251 e. The normalized spacial score (nSPS) is 13.5. The largest absolute Gasteiger partial charge is 0.370 e. The van der Waals surface area contributed by atoms with E-state index in [0.29, 0.717) is 18.7 Å². The predicted molar refractivity (Wildman–Crippen MR) is 108 cm³/mol. The van der Waals surface area contributed by atoms with Crippen LogP contribution in [0.1, 0.15) is 23.2 Å². The number of amides is 1. The molecule has 28 heavy (non-hydrogen) atoms. The van der Waals surface area contributed by atoms with Crippen molar-refractivity contribution in [2.24, 2.45) is 0 Å². The second kappa shape index (κ2) is 8.51. The van der Waals surface area contributed by atoms with E-state index < -0.39 is 0 Å². The first-order valence-electron chi connectivity index (χ1n) is 9.49. The number of hydrogen-bond donors (Lipinski definition) is 2. The highest BCUT2D eigenvalue weighted by Crippen LogP contribution is 2.20. The van der Waals surface area contributed by atoms with Gasteiger partial charge in [-0.05, 0) is 37.1 Å². The summed E-state index contributed by atoms with van der Waals surface area (Å²) in [6.45, 7) is 3.20. The molecule has 0 atom stereocenters. The Morgan fingerprint density at radius 2 is 1.96 bits per heavy atom. The minimum Gasteiger partial charge on any atom is -0.370 e. The standard InChI is InChI=1S/C20H23N7O/c28-20(16-5-3-6-17(13-16)27-12-4-7-24-27)22-9-8-21-19-14-18(15-23-25-19)26-10-1-2-11-26/h3-7,12-15H,1-2,8-11H2,(H,21,25)(H,22,28). The van der Waals surface area contributed by atoms with Crippen molar-refractivity contribution in [2.45, 2.75) is 12.8 Å². The molecule has 8 heteroatoms. The molecule has 0 bridgehead atoms. The van der Waals surface area contributed by atoms with Gasteiger partial charge in [-0.25, -0.2) is 4.68 Å². The van der Waals surface area contributed by atoms with Crippen molar-refractivity contribution >= 4 is 17.4 Å². The first-order chi connectivity index (χ1) is 13.8. The third-order valence-corrected chi connectivity index (χ3v) is 4.71. The number of hydrogen-bond acceptors (Lipinski definition) is 6. The van der Waals surface area contributed by atoms with E-state index in [1.807, 2.05) is 36.5 Å². The van der Waals surface area contributed by atoms with Crippen molar-refractivity contribution in [2.75, 3.05) is 36.4 Å². The van der Waals surface area contributed by atoms with Gasteiger partial charge < -0.3 is 15.5 Å². The fourth-order valence-electron chi connectivity index (χ4n) is 3.27. The van der Waals surface area contributed by atoms with Crippen molar-refractivity contribution < 1.29 is 4.79 Å². The molecule has 0 aliphatic carbocycles. The molecule has 4 rings (SSSR count). The Kier molecular flexibility index (Phi) is 5.46. The van der Waals surface area contributed by atoms with Gasteiger partial charge in [0.25, 0.3) is 5.91 Å². The van der Waals surface area contributed by atoms with Crippen LogP contribution < -0.4 is 15.5 Å². The van der Waals surface area contributed by atoms with Gasteiger partial charge >= 0.3 is 0 Å². The zero-order valence-electron chi connectivity index (χ0n) is 15.6. The Morgan fingerprint density at radius 1 is 1.07 bits per heavy atom. The topological polar surface area (TPSA) is 88.0 Å². The van der Waals surface area contributed by atoms with Crippen molar-refractivity contribution in [1.29, 1.82) is 0 Å². The predicted octanol–water partition coefficient (Wildman–Crippen LogP) is 2.10. The summed E-state index contributed by atoms with van der Waals surface area (Å²) in [7, 11) is 0. The van der Waals surface area contributed by atoms with Crippen LogP contribution in [0.2, 0.25) is 0 Å². The Bertz CT molecular complexity index is 920. The van der Waals surface area contributed by atoms with E-state index in [-0.39, 0.29) is 5.91 Å². The van der Waals surface area contributed by atoms with Gasteiger partial charge in [0.15, 0.2) is 5.82 Å². The lowest BCUT2D eigenvalue weighted by Gasteiger charge is -2.17. The van der Waals surface area contributed by atoms with Crippen LogP contribution in [0.3, 0.4) is 0 Å². The van der Waals surface area contributed by atoms with Crippen LogP contribution in [0.25, 0.3) is 5.69 Å². The molecule has 3 aromatic rings. The maximum absolute atomic E-state index is 12.4. The van der Waals surface area contributed by atoms with Gasteiger partial charge in [-0.1, -0.05) is 6.07 Å². The fourth-order valence-corrected chi connectivity index (χ4v) is 3.27. The molecule has 0 unspecified atom stereocenters. The summed E-state index contributed by atoms with van der Waals surface area (Å²) in [6.07, 6.45) is 7.79. The van der Waals surface area contributed by atoms with E-state index in [4.69, 9.17) is 0 Å². The Hall–Kier alpha value is -3.42. The van der Waals surface area contributed by atoms with Gasteiger partial charge in [0.05, 0.1) is 17.6 Å². The smallest absolute Gasteiger partial charge is 0.251 e. The van der Waals surface area contributed by atoms with Crippen LogP contribution in [0.4, 0.5) is 11.5 Å². The van der Waals surface area contributed by atoms with Crippen molar-refractivity contribution in [3.63, 3.8) is 0 Å². The van der Waals surface area contributed by atoms with E-state index >= 15 is 0 Å². The van der Waals surface area contributed by atoms with Crippen LogP contribution in [-0.2, 0) is 0 Å². The molecule has 0 radical (unpaired) electrons. The third kappa shape index (κ3) is 4.28. The molecule has 1 saturated heterocycles. The zero-order valence-corrected chi connectivity index (χ0v) is 15.6. The second-order valence-corrected chi connectivity index (χ2v) is 6.68. The molecule has 0 saturated carbocycles. The molecular formula is C20H23N7O. The van der Waals surface area contributed by atoms with Gasteiger partial charge in [0.2, 0.25) is 0 Å². The first-order valence-corrected chi connectivity index (χ1v) is 9.49. The van der Waals surface area contributed by atoms with Crippen molar-refractivity contribution in [3.8, 4) is 5.69 Å². The number of nitrogens with one attached hydrogen (secondary N) is 2. The molecule has 1 amide bonds. The number of benzene rings is 1. The number of carbonyl (C=O) groups excluding carboxylic acids is 1. The highest BCUT2D eigenvalue weighted by atomic mass is 16.1.